The van der Waals surface area contributed by atoms with Gasteiger partial charge >= 0.3 is 23.9 Å². The molecule has 0 spiro atoms. The number of esters is 4. The van der Waals surface area contributed by atoms with Gasteiger partial charge in [-0.05, 0) is 59.7 Å². The highest BCUT2D eigenvalue weighted by Gasteiger charge is 2.29. The van der Waals surface area contributed by atoms with E-state index < -0.39 is 23.9 Å². The van der Waals surface area contributed by atoms with Crippen LogP contribution in [0.5, 0.6) is 11.5 Å². The van der Waals surface area contributed by atoms with Crippen LogP contribution in [0.15, 0.2) is 97.1 Å². The number of ether oxygens (including phenoxy) is 4. The normalized spacial score (nSPS) is 13.0. The van der Waals surface area contributed by atoms with E-state index >= 15 is 0 Å². The molecule has 0 bridgehead atoms. The summed E-state index contributed by atoms with van der Waals surface area (Å²) in [6, 6.07) is 29.5. The lowest BCUT2D eigenvalue weighted by molar-refractivity contribution is 0.0425. The Morgan fingerprint density at radius 1 is 0.463 bits per heavy atom. The lowest BCUT2D eigenvalue weighted by atomic mass is 9.78. The summed E-state index contributed by atoms with van der Waals surface area (Å²) in [6.07, 6.45) is 0. The first kappa shape index (κ1) is 28.8. The molecule has 0 N–H and O–H groups in total. The fourth-order valence-electron chi connectivity index (χ4n) is 4.25. The summed E-state index contributed by atoms with van der Waals surface area (Å²) < 4.78 is 19.1. The summed E-state index contributed by atoms with van der Waals surface area (Å²) in [5.74, 6) is -0.434. The van der Waals surface area contributed by atoms with Gasteiger partial charge in [-0.1, -0.05) is 62.4 Å². The quantitative estimate of drug-likeness (QED) is 0.223. The number of rotatable bonds is 4. The third-order valence-corrected chi connectivity index (χ3v) is 6.73. The minimum atomic E-state index is -0.550. The molecule has 0 saturated carbocycles. The molecule has 2 aliphatic rings. The predicted molar refractivity (Wildman–Crippen MR) is 150 cm³/mol. The molecule has 0 unspecified atom stereocenters. The van der Waals surface area contributed by atoms with Gasteiger partial charge in [-0.3, -0.25) is 0 Å². The zero-order valence-corrected chi connectivity index (χ0v) is 23.0. The smallest absolute Gasteiger partial charge is 0.346 e. The van der Waals surface area contributed by atoms with Crippen LogP contribution in [0, 0.1) is 0 Å². The molecule has 41 heavy (non-hydrogen) atoms. The van der Waals surface area contributed by atoms with Gasteiger partial charge in [0.15, 0.2) is 0 Å². The molecule has 0 aromatic heterocycles. The maximum Gasteiger partial charge on any atom is 0.346 e. The molecule has 4 aromatic rings. The minimum absolute atomic E-state index is 0.0431. The van der Waals surface area contributed by atoms with Crippen molar-refractivity contribution in [2.45, 2.75) is 19.3 Å². The lowest BCUT2D eigenvalue weighted by Crippen LogP contribution is -2.18. The number of hydrogen-bond acceptors (Lipinski definition) is 8. The SMILES string of the molecule is COc1ccc(C(C)(C)c2ccc(OC)cc2)cc1.O=C1OC(=O)c2ccccc21.O=C1OC(=O)c2ccccc21. The van der Waals surface area contributed by atoms with Crippen molar-refractivity contribution in [3.8, 4) is 11.5 Å². The Hall–Kier alpha value is -5.24. The van der Waals surface area contributed by atoms with Gasteiger partial charge in [0.05, 0.1) is 36.5 Å². The highest BCUT2D eigenvalue weighted by molar-refractivity contribution is 6.15. The van der Waals surface area contributed by atoms with E-state index in [2.05, 4.69) is 47.6 Å². The van der Waals surface area contributed by atoms with E-state index in [0.29, 0.717) is 22.3 Å². The number of benzene rings is 4. The highest BCUT2D eigenvalue weighted by atomic mass is 16.6. The van der Waals surface area contributed by atoms with Crippen LogP contribution < -0.4 is 9.47 Å². The van der Waals surface area contributed by atoms with E-state index in [-0.39, 0.29) is 5.41 Å². The Balaban J connectivity index is 0.000000150. The van der Waals surface area contributed by atoms with Crippen LogP contribution in [0.1, 0.15) is 66.4 Å². The van der Waals surface area contributed by atoms with Crippen molar-refractivity contribution < 1.29 is 38.1 Å². The lowest BCUT2D eigenvalue weighted by Gasteiger charge is -2.26. The number of methoxy groups -OCH3 is 2. The van der Waals surface area contributed by atoms with Gasteiger partial charge in [-0.2, -0.15) is 0 Å². The largest absolute Gasteiger partial charge is 0.497 e. The molecule has 2 aliphatic heterocycles. The molecule has 2 heterocycles. The van der Waals surface area contributed by atoms with Crippen molar-refractivity contribution in [3.63, 3.8) is 0 Å². The highest BCUT2D eigenvalue weighted by Crippen LogP contribution is 2.33. The van der Waals surface area contributed by atoms with Crippen LogP contribution in [0.25, 0.3) is 0 Å². The second-order valence-electron chi connectivity index (χ2n) is 9.53. The summed E-state index contributed by atoms with van der Waals surface area (Å²) in [5.41, 5.74) is 3.92. The monoisotopic (exact) mass is 552 g/mol. The fraction of sp³-hybridized carbons (Fsp3) is 0.152. The molecule has 0 amide bonds. The van der Waals surface area contributed by atoms with Gasteiger partial charge in [0.1, 0.15) is 11.5 Å². The van der Waals surface area contributed by atoms with Crippen LogP contribution in [0.2, 0.25) is 0 Å². The Bertz CT molecular complexity index is 1400. The van der Waals surface area contributed by atoms with Gasteiger partial charge < -0.3 is 18.9 Å². The van der Waals surface area contributed by atoms with E-state index in [0.717, 1.165) is 11.5 Å². The summed E-state index contributed by atoms with van der Waals surface area (Å²) in [6.45, 7) is 4.44. The molecule has 8 heteroatoms. The number of hydrogen-bond donors (Lipinski definition) is 0. The molecular formula is C33H28O8. The van der Waals surface area contributed by atoms with Crippen molar-refractivity contribution in [3.05, 3.63) is 130 Å². The number of fused-ring (bicyclic) bond motifs is 2. The van der Waals surface area contributed by atoms with Gasteiger partial charge in [-0.25, -0.2) is 19.2 Å². The van der Waals surface area contributed by atoms with Gasteiger partial charge in [0, 0.05) is 5.41 Å². The summed E-state index contributed by atoms with van der Waals surface area (Å²) in [4.78, 5) is 43.3. The zero-order valence-electron chi connectivity index (χ0n) is 23.0. The number of carbonyl (C=O) groups excluding carboxylic acids is 4. The van der Waals surface area contributed by atoms with Crippen LogP contribution in [0.4, 0.5) is 0 Å². The van der Waals surface area contributed by atoms with Crippen LogP contribution in [-0.2, 0) is 14.9 Å². The van der Waals surface area contributed by atoms with Gasteiger partial charge in [-0.15, -0.1) is 0 Å². The second kappa shape index (κ2) is 12.3. The Morgan fingerprint density at radius 3 is 0.976 bits per heavy atom. The predicted octanol–water partition coefficient (Wildman–Crippen LogP) is 6.02. The van der Waals surface area contributed by atoms with Crippen molar-refractivity contribution in [2.75, 3.05) is 14.2 Å². The van der Waals surface area contributed by atoms with Crippen molar-refractivity contribution >= 4 is 23.9 Å². The van der Waals surface area contributed by atoms with Crippen molar-refractivity contribution in [1.82, 2.24) is 0 Å². The van der Waals surface area contributed by atoms with Crippen LogP contribution in [0.3, 0.4) is 0 Å². The Morgan fingerprint density at radius 2 is 0.732 bits per heavy atom. The topological polar surface area (TPSA) is 105 Å². The Kier molecular flexibility index (Phi) is 8.63. The average Bonchev–Trinajstić information content (AvgIpc) is 3.47. The zero-order chi connectivity index (χ0) is 29.6. The van der Waals surface area contributed by atoms with E-state index in [1.54, 1.807) is 62.8 Å². The summed E-state index contributed by atoms with van der Waals surface area (Å²) >= 11 is 0. The van der Waals surface area contributed by atoms with Crippen LogP contribution >= 0.6 is 0 Å². The van der Waals surface area contributed by atoms with Crippen LogP contribution in [-0.4, -0.2) is 38.1 Å². The fourth-order valence-corrected chi connectivity index (χ4v) is 4.25. The first-order valence-electron chi connectivity index (χ1n) is 12.7. The summed E-state index contributed by atoms with van der Waals surface area (Å²) in [5, 5.41) is 0. The summed E-state index contributed by atoms with van der Waals surface area (Å²) in [7, 11) is 3.37. The van der Waals surface area contributed by atoms with E-state index in [9.17, 15) is 19.2 Å². The molecule has 6 rings (SSSR count). The first-order valence-corrected chi connectivity index (χ1v) is 12.7. The van der Waals surface area contributed by atoms with Crippen molar-refractivity contribution in [1.29, 1.82) is 0 Å². The molecule has 0 radical (unpaired) electrons. The van der Waals surface area contributed by atoms with Gasteiger partial charge in [0.25, 0.3) is 0 Å². The first-order chi connectivity index (χ1) is 19.6. The maximum absolute atomic E-state index is 10.8. The molecular weight excluding hydrogens is 524 g/mol. The molecule has 0 aliphatic carbocycles. The average molecular weight is 553 g/mol. The van der Waals surface area contributed by atoms with E-state index in [4.69, 9.17) is 9.47 Å². The number of cyclic esters (lactones) is 4. The molecule has 4 aromatic carbocycles. The maximum atomic E-state index is 10.8. The molecule has 208 valence electrons. The molecule has 0 saturated heterocycles. The molecule has 8 nitrogen and oxygen atoms in total. The van der Waals surface area contributed by atoms with E-state index in [1.807, 2.05) is 24.3 Å². The minimum Gasteiger partial charge on any atom is -0.497 e. The molecule has 0 atom stereocenters. The third-order valence-electron chi connectivity index (χ3n) is 6.73. The standard InChI is InChI=1S/C17H20O2.2C8H4O3/c1-17(2,13-5-9-15(18-3)10-6-13)14-7-11-16(19-4)12-8-14;2*9-7-5-3-1-2-4-6(5)8(10)11-7/h5-12H,1-4H3;2*1-4H. The van der Waals surface area contributed by atoms with Crippen molar-refractivity contribution in [2.24, 2.45) is 0 Å². The molecule has 0 fully saturated rings. The van der Waals surface area contributed by atoms with Gasteiger partial charge in [0.2, 0.25) is 0 Å². The Labute approximate surface area is 237 Å². The van der Waals surface area contributed by atoms with E-state index in [1.165, 1.54) is 11.1 Å². The second-order valence-corrected chi connectivity index (χ2v) is 9.53. The third kappa shape index (κ3) is 6.33. The number of carbonyl (C=O) groups is 4.